The summed E-state index contributed by atoms with van der Waals surface area (Å²) in [6.45, 7) is 5.77. The highest BCUT2D eigenvalue weighted by Crippen LogP contribution is 2.29. The minimum absolute atomic E-state index is 0.114. The number of nitrogens with zero attached hydrogens (tertiary/aromatic N) is 3. The Labute approximate surface area is 124 Å². The van der Waals surface area contributed by atoms with Crippen LogP contribution in [0, 0.1) is 13.8 Å². The molecule has 0 radical (unpaired) electrons. The van der Waals surface area contributed by atoms with Crippen LogP contribution in [0.5, 0.6) is 0 Å². The standard InChI is InChI=1S/C13H21N3O4S/c1-9-13(10(2)20-14-9)21(17,18)16-5-4-12-11(8-16)15(3)6-7-19-12/h11-12H,4-8H2,1-3H3/t11-,12-/m1/s1. The molecule has 21 heavy (non-hydrogen) atoms. The van der Waals surface area contributed by atoms with E-state index in [4.69, 9.17) is 9.26 Å². The van der Waals surface area contributed by atoms with Crippen molar-refractivity contribution in [3.8, 4) is 0 Å². The molecule has 2 atom stereocenters. The third-order valence-electron chi connectivity index (χ3n) is 4.39. The van der Waals surface area contributed by atoms with Gasteiger partial charge in [-0.3, -0.25) is 4.90 Å². The van der Waals surface area contributed by atoms with Crippen LogP contribution in [0.1, 0.15) is 17.9 Å². The molecule has 3 heterocycles. The van der Waals surface area contributed by atoms with Crippen molar-refractivity contribution in [2.45, 2.75) is 37.3 Å². The Balaban J connectivity index is 1.87. The fourth-order valence-electron chi connectivity index (χ4n) is 3.20. The molecule has 0 aliphatic carbocycles. The number of morpholine rings is 1. The number of hydrogen-bond acceptors (Lipinski definition) is 6. The Kier molecular flexibility index (Phi) is 3.81. The summed E-state index contributed by atoms with van der Waals surface area (Å²) >= 11 is 0. The van der Waals surface area contributed by atoms with Crippen molar-refractivity contribution in [1.29, 1.82) is 0 Å². The number of hydrogen-bond donors (Lipinski definition) is 0. The summed E-state index contributed by atoms with van der Waals surface area (Å²) in [5.74, 6) is 0.350. The second-order valence-corrected chi connectivity index (χ2v) is 7.64. The first-order chi connectivity index (χ1) is 9.91. The van der Waals surface area contributed by atoms with Crippen LogP contribution in [0.2, 0.25) is 0 Å². The van der Waals surface area contributed by atoms with Crippen molar-refractivity contribution in [1.82, 2.24) is 14.4 Å². The molecule has 2 aliphatic rings. The van der Waals surface area contributed by atoms with Crippen molar-refractivity contribution in [2.24, 2.45) is 0 Å². The zero-order valence-corrected chi connectivity index (χ0v) is 13.4. The van der Waals surface area contributed by atoms with Crippen LogP contribution in [0.3, 0.4) is 0 Å². The molecule has 7 nitrogen and oxygen atoms in total. The molecule has 1 aromatic heterocycles. The van der Waals surface area contributed by atoms with Crippen LogP contribution in [-0.2, 0) is 14.8 Å². The third-order valence-corrected chi connectivity index (χ3v) is 6.50. The zero-order valence-electron chi connectivity index (χ0n) is 12.6. The van der Waals surface area contributed by atoms with E-state index in [1.165, 1.54) is 4.31 Å². The molecule has 0 saturated carbocycles. The first-order valence-corrected chi connectivity index (χ1v) is 8.60. The zero-order chi connectivity index (χ0) is 15.2. The Hall–Kier alpha value is -0.960. The lowest BCUT2D eigenvalue weighted by molar-refractivity contribution is -0.0840. The van der Waals surface area contributed by atoms with Gasteiger partial charge in [-0.2, -0.15) is 4.31 Å². The number of aryl methyl sites for hydroxylation is 2. The molecule has 8 heteroatoms. The van der Waals surface area contributed by atoms with E-state index in [1.807, 2.05) is 7.05 Å². The fraction of sp³-hybridized carbons (Fsp3) is 0.769. The number of likely N-dealkylation sites (N-methyl/N-ethyl adjacent to an activating group) is 1. The molecule has 2 saturated heterocycles. The summed E-state index contributed by atoms with van der Waals surface area (Å²) in [5, 5.41) is 3.76. The van der Waals surface area contributed by atoms with Gasteiger partial charge in [-0.15, -0.1) is 0 Å². The predicted octanol–water partition coefficient (Wildman–Crippen LogP) is 0.385. The van der Waals surface area contributed by atoms with E-state index in [1.54, 1.807) is 13.8 Å². The highest BCUT2D eigenvalue weighted by molar-refractivity contribution is 7.89. The average molecular weight is 315 g/mol. The van der Waals surface area contributed by atoms with Crippen molar-refractivity contribution in [3.05, 3.63) is 11.5 Å². The first-order valence-electron chi connectivity index (χ1n) is 7.16. The quantitative estimate of drug-likeness (QED) is 0.785. The Bertz CT molecular complexity index is 608. The number of aromatic nitrogens is 1. The van der Waals surface area contributed by atoms with E-state index in [2.05, 4.69) is 10.1 Å². The molecule has 0 aromatic carbocycles. The minimum Gasteiger partial charge on any atom is -0.375 e. The van der Waals surface area contributed by atoms with E-state index in [9.17, 15) is 8.42 Å². The smallest absolute Gasteiger partial charge is 0.248 e. The van der Waals surface area contributed by atoms with Crippen molar-refractivity contribution < 1.29 is 17.7 Å². The number of fused-ring (bicyclic) bond motifs is 1. The van der Waals surface area contributed by atoms with Gasteiger partial charge < -0.3 is 9.26 Å². The van der Waals surface area contributed by atoms with Crippen molar-refractivity contribution >= 4 is 10.0 Å². The lowest BCUT2D eigenvalue weighted by atomic mass is 10.0. The second-order valence-electron chi connectivity index (χ2n) is 5.76. The Morgan fingerprint density at radius 1 is 1.29 bits per heavy atom. The summed E-state index contributed by atoms with van der Waals surface area (Å²) < 4.78 is 38.0. The van der Waals surface area contributed by atoms with E-state index in [-0.39, 0.29) is 17.0 Å². The van der Waals surface area contributed by atoms with Crippen molar-refractivity contribution in [3.63, 3.8) is 0 Å². The molecule has 2 aliphatic heterocycles. The normalized spacial score (nSPS) is 28.5. The predicted molar refractivity (Wildman–Crippen MR) is 75.5 cm³/mol. The van der Waals surface area contributed by atoms with Gasteiger partial charge in [0.25, 0.3) is 0 Å². The van der Waals surface area contributed by atoms with E-state index < -0.39 is 10.0 Å². The summed E-state index contributed by atoms with van der Waals surface area (Å²) in [7, 11) is -1.54. The maximum absolute atomic E-state index is 12.8. The maximum atomic E-state index is 12.8. The average Bonchev–Trinajstić information content (AvgIpc) is 2.79. The van der Waals surface area contributed by atoms with Gasteiger partial charge in [0.2, 0.25) is 10.0 Å². The second kappa shape index (κ2) is 5.35. The van der Waals surface area contributed by atoms with Gasteiger partial charge in [0.1, 0.15) is 10.6 Å². The highest BCUT2D eigenvalue weighted by atomic mass is 32.2. The maximum Gasteiger partial charge on any atom is 0.248 e. The first kappa shape index (κ1) is 15.0. The van der Waals surface area contributed by atoms with E-state index in [0.717, 1.165) is 13.0 Å². The van der Waals surface area contributed by atoms with Gasteiger partial charge >= 0.3 is 0 Å². The molecular formula is C13H21N3O4S. The molecule has 2 fully saturated rings. The molecule has 118 valence electrons. The van der Waals surface area contributed by atoms with Gasteiger partial charge in [-0.05, 0) is 27.3 Å². The Morgan fingerprint density at radius 3 is 2.71 bits per heavy atom. The molecule has 3 rings (SSSR count). The Morgan fingerprint density at radius 2 is 2.05 bits per heavy atom. The van der Waals surface area contributed by atoms with Crippen LogP contribution < -0.4 is 0 Å². The highest BCUT2D eigenvalue weighted by Gasteiger charge is 2.41. The largest absolute Gasteiger partial charge is 0.375 e. The lowest BCUT2D eigenvalue weighted by Gasteiger charge is -2.45. The van der Waals surface area contributed by atoms with Crippen LogP contribution >= 0.6 is 0 Å². The SMILES string of the molecule is Cc1noc(C)c1S(=O)(=O)N1CC[C@H]2OCCN(C)[C@@H]2C1. The summed E-state index contributed by atoms with van der Waals surface area (Å²) in [6, 6.07) is 0.114. The van der Waals surface area contributed by atoms with Crippen LogP contribution in [-0.4, -0.2) is 68.2 Å². The number of rotatable bonds is 2. The molecule has 0 bridgehead atoms. The van der Waals surface area contributed by atoms with Crippen LogP contribution in [0.4, 0.5) is 0 Å². The minimum atomic E-state index is -3.56. The topological polar surface area (TPSA) is 75.9 Å². The van der Waals surface area contributed by atoms with Gasteiger partial charge in [0, 0.05) is 25.7 Å². The molecule has 0 amide bonds. The number of sulfonamides is 1. The summed E-state index contributed by atoms with van der Waals surface area (Å²) in [6.07, 6.45) is 0.845. The van der Waals surface area contributed by atoms with Gasteiger partial charge in [0.05, 0.1) is 12.7 Å². The number of piperidine rings is 1. The monoisotopic (exact) mass is 315 g/mol. The molecule has 0 spiro atoms. The van der Waals surface area contributed by atoms with Gasteiger partial charge in [0.15, 0.2) is 5.76 Å². The van der Waals surface area contributed by atoms with E-state index >= 15 is 0 Å². The summed E-state index contributed by atoms with van der Waals surface area (Å²) in [4.78, 5) is 2.39. The molecule has 0 unspecified atom stereocenters. The molecular weight excluding hydrogens is 294 g/mol. The lowest BCUT2D eigenvalue weighted by Crippen LogP contribution is -2.59. The molecule has 1 aromatic rings. The van der Waals surface area contributed by atoms with Crippen molar-refractivity contribution in [2.75, 3.05) is 33.3 Å². The fourth-order valence-corrected chi connectivity index (χ4v) is 4.97. The van der Waals surface area contributed by atoms with E-state index in [0.29, 0.717) is 31.2 Å². The van der Waals surface area contributed by atoms with Crippen LogP contribution in [0.15, 0.2) is 9.42 Å². The summed E-state index contributed by atoms with van der Waals surface area (Å²) in [5.41, 5.74) is 0.419. The van der Waals surface area contributed by atoms with Gasteiger partial charge in [-0.25, -0.2) is 8.42 Å². The third kappa shape index (κ3) is 2.50. The van der Waals surface area contributed by atoms with Gasteiger partial charge in [-0.1, -0.05) is 5.16 Å². The molecule has 0 N–H and O–H groups in total. The number of ether oxygens (including phenoxy) is 1. The van der Waals surface area contributed by atoms with Crippen LogP contribution in [0.25, 0.3) is 0 Å².